The smallest absolute Gasteiger partial charge is 0.341 e. The Balaban J connectivity index is 2.09. The largest absolute Gasteiger partial charge is 0.462 e. The second-order valence-electron chi connectivity index (χ2n) is 5.91. The van der Waals surface area contributed by atoms with Crippen molar-refractivity contribution in [3.8, 4) is 11.1 Å². The molecule has 11 heteroatoms. The van der Waals surface area contributed by atoms with Crippen molar-refractivity contribution in [2.45, 2.75) is 11.8 Å². The minimum Gasteiger partial charge on any atom is -0.462 e. The van der Waals surface area contributed by atoms with Gasteiger partial charge in [0.2, 0.25) is 0 Å². The molecule has 8 nitrogen and oxygen atoms in total. The van der Waals surface area contributed by atoms with Gasteiger partial charge in [-0.2, -0.15) is 0 Å². The molecule has 0 saturated carbocycles. The minimum atomic E-state index is -4.33. The first kappa shape index (κ1) is 21.9. The minimum absolute atomic E-state index is 0.0181. The van der Waals surface area contributed by atoms with Crippen LogP contribution in [-0.2, 0) is 14.8 Å². The van der Waals surface area contributed by atoms with Gasteiger partial charge in [-0.3, -0.25) is 14.8 Å². The highest BCUT2D eigenvalue weighted by atomic mass is 79.9. The predicted octanol–water partition coefficient (Wildman–Crippen LogP) is 5.06. The summed E-state index contributed by atoms with van der Waals surface area (Å²) in [5, 5.41) is 12.9. The number of nitro groups is 1. The van der Waals surface area contributed by atoms with Crippen LogP contribution < -0.4 is 4.72 Å². The van der Waals surface area contributed by atoms with Crippen molar-refractivity contribution in [1.82, 2.24) is 0 Å². The first-order valence-electron chi connectivity index (χ1n) is 8.55. The number of carbonyl (C=O) groups excluding carboxylic acids is 1. The Morgan fingerprint density at radius 3 is 2.50 bits per heavy atom. The Morgan fingerprint density at radius 1 is 1.20 bits per heavy atom. The van der Waals surface area contributed by atoms with Crippen LogP contribution >= 0.6 is 27.3 Å². The molecule has 1 heterocycles. The van der Waals surface area contributed by atoms with Crippen molar-refractivity contribution in [2.75, 3.05) is 11.3 Å². The van der Waals surface area contributed by atoms with Crippen molar-refractivity contribution < 1.29 is 22.9 Å². The van der Waals surface area contributed by atoms with Crippen LogP contribution in [0.3, 0.4) is 0 Å². The number of hydrogen-bond acceptors (Lipinski definition) is 7. The van der Waals surface area contributed by atoms with E-state index >= 15 is 0 Å². The zero-order chi connectivity index (χ0) is 21.9. The molecule has 3 aromatic rings. The molecule has 0 spiro atoms. The maximum Gasteiger partial charge on any atom is 0.341 e. The van der Waals surface area contributed by atoms with Gasteiger partial charge in [-0.1, -0.05) is 40.2 Å². The Hall–Kier alpha value is -2.76. The molecule has 2 aromatic carbocycles. The number of nitro benzene ring substituents is 1. The molecule has 0 radical (unpaired) electrons. The van der Waals surface area contributed by atoms with Crippen molar-refractivity contribution in [3.63, 3.8) is 0 Å². The lowest BCUT2D eigenvalue weighted by molar-refractivity contribution is -0.387. The highest BCUT2D eigenvalue weighted by Crippen LogP contribution is 2.38. The highest BCUT2D eigenvalue weighted by Gasteiger charge is 2.29. The summed E-state index contributed by atoms with van der Waals surface area (Å²) in [6, 6.07) is 12.1. The summed E-state index contributed by atoms with van der Waals surface area (Å²) in [4.78, 5) is 22.6. The van der Waals surface area contributed by atoms with Gasteiger partial charge < -0.3 is 4.74 Å². The average Bonchev–Trinajstić information content (AvgIpc) is 3.11. The monoisotopic (exact) mass is 510 g/mol. The van der Waals surface area contributed by atoms with E-state index < -0.39 is 31.5 Å². The third-order valence-electron chi connectivity index (χ3n) is 4.00. The van der Waals surface area contributed by atoms with Gasteiger partial charge >= 0.3 is 5.97 Å². The standard InChI is InChI=1S/C19H15BrN2O6S2/c1-2-28-19(23)17-14(12-7-9-13(20)10-8-12)11-29-18(17)21-30(26,27)16-6-4-3-5-15(16)22(24)25/h3-11,21H,2H2,1H3. The number of hydrogen-bond donors (Lipinski definition) is 1. The van der Waals surface area contributed by atoms with Crippen LogP contribution in [0, 0.1) is 10.1 Å². The van der Waals surface area contributed by atoms with Gasteiger partial charge in [-0.15, -0.1) is 11.3 Å². The van der Waals surface area contributed by atoms with E-state index in [1.54, 1.807) is 36.6 Å². The molecular formula is C19H15BrN2O6S2. The van der Waals surface area contributed by atoms with Gasteiger partial charge in [0.25, 0.3) is 15.7 Å². The van der Waals surface area contributed by atoms with Crippen LogP contribution in [0.5, 0.6) is 0 Å². The lowest BCUT2D eigenvalue weighted by Crippen LogP contribution is -2.16. The average molecular weight is 511 g/mol. The fourth-order valence-electron chi connectivity index (χ4n) is 2.69. The zero-order valence-corrected chi connectivity index (χ0v) is 18.7. The Bertz CT molecular complexity index is 1210. The van der Waals surface area contributed by atoms with Gasteiger partial charge in [-0.25, -0.2) is 13.2 Å². The Labute approximate surface area is 184 Å². The van der Waals surface area contributed by atoms with E-state index in [1.807, 2.05) is 0 Å². The van der Waals surface area contributed by atoms with Gasteiger partial charge in [0.05, 0.1) is 11.5 Å². The second-order valence-corrected chi connectivity index (χ2v) is 9.36. The van der Waals surface area contributed by atoms with Gasteiger partial charge in [0, 0.05) is 21.5 Å². The number of nitrogens with one attached hydrogen (secondary N) is 1. The molecule has 30 heavy (non-hydrogen) atoms. The van der Waals surface area contributed by atoms with Crippen molar-refractivity contribution >= 4 is 53.9 Å². The summed E-state index contributed by atoms with van der Waals surface area (Å²) < 4.78 is 34.0. The zero-order valence-electron chi connectivity index (χ0n) is 15.5. The number of esters is 1. The Morgan fingerprint density at radius 2 is 1.87 bits per heavy atom. The molecule has 0 aliphatic carbocycles. The molecule has 0 atom stereocenters. The SMILES string of the molecule is CCOC(=O)c1c(-c2ccc(Br)cc2)csc1NS(=O)(=O)c1ccccc1[N+](=O)[O-]. The second kappa shape index (κ2) is 8.94. The van der Waals surface area contributed by atoms with Crippen molar-refractivity contribution in [3.05, 3.63) is 74.1 Å². The van der Waals surface area contributed by atoms with Crippen LogP contribution in [0.1, 0.15) is 17.3 Å². The molecule has 1 N–H and O–H groups in total. The van der Waals surface area contributed by atoms with Crippen molar-refractivity contribution in [2.24, 2.45) is 0 Å². The lowest BCUT2D eigenvalue weighted by atomic mass is 10.0. The molecule has 0 bridgehead atoms. The number of rotatable bonds is 7. The molecule has 156 valence electrons. The summed E-state index contributed by atoms with van der Waals surface area (Å²) >= 11 is 4.34. The van der Waals surface area contributed by atoms with E-state index in [-0.39, 0.29) is 17.2 Å². The molecule has 0 fully saturated rings. The Kier molecular flexibility index (Phi) is 6.54. The van der Waals surface area contributed by atoms with E-state index in [1.165, 1.54) is 12.1 Å². The molecule has 3 rings (SSSR count). The van der Waals surface area contributed by atoms with E-state index in [9.17, 15) is 23.3 Å². The number of thiophene rings is 1. The number of anilines is 1. The number of nitrogens with zero attached hydrogens (tertiary/aromatic N) is 1. The lowest BCUT2D eigenvalue weighted by Gasteiger charge is -2.10. The number of sulfonamides is 1. The van der Waals surface area contributed by atoms with E-state index in [4.69, 9.17) is 4.74 Å². The number of halogens is 1. The summed E-state index contributed by atoms with van der Waals surface area (Å²) in [6.45, 7) is 1.74. The molecule has 0 amide bonds. The van der Waals surface area contributed by atoms with Crippen LogP contribution in [0.15, 0.2) is 63.3 Å². The number of carbonyl (C=O) groups is 1. The van der Waals surface area contributed by atoms with Crippen LogP contribution in [0.2, 0.25) is 0 Å². The topological polar surface area (TPSA) is 116 Å². The van der Waals surface area contributed by atoms with Crippen molar-refractivity contribution in [1.29, 1.82) is 0 Å². The molecule has 0 aliphatic heterocycles. The van der Waals surface area contributed by atoms with E-state index in [0.717, 1.165) is 27.9 Å². The van der Waals surface area contributed by atoms with Crippen LogP contribution in [0.25, 0.3) is 11.1 Å². The number of benzene rings is 2. The first-order chi connectivity index (χ1) is 14.2. The summed E-state index contributed by atoms with van der Waals surface area (Å²) in [7, 11) is -4.33. The normalized spacial score (nSPS) is 11.1. The molecule has 0 unspecified atom stereocenters. The number of ether oxygens (including phenoxy) is 1. The van der Waals surface area contributed by atoms with Gasteiger partial charge in [0.15, 0.2) is 4.90 Å². The maximum absolute atomic E-state index is 12.9. The molecule has 0 aliphatic rings. The number of para-hydroxylation sites is 1. The van der Waals surface area contributed by atoms with Gasteiger partial charge in [0.1, 0.15) is 10.6 Å². The van der Waals surface area contributed by atoms with E-state index in [2.05, 4.69) is 20.7 Å². The highest BCUT2D eigenvalue weighted by molar-refractivity contribution is 9.10. The predicted molar refractivity (Wildman–Crippen MR) is 117 cm³/mol. The first-order valence-corrected chi connectivity index (χ1v) is 11.7. The summed E-state index contributed by atoms with van der Waals surface area (Å²) in [5.41, 5.74) is 0.665. The van der Waals surface area contributed by atoms with E-state index in [0.29, 0.717) is 11.1 Å². The van der Waals surface area contributed by atoms with Gasteiger partial charge in [-0.05, 0) is 30.7 Å². The fourth-order valence-corrected chi connectivity index (χ4v) is 5.41. The summed E-state index contributed by atoms with van der Waals surface area (Å²) in [5.74, 6) is -0.697. The quantitative estimate of drug-likeness (QED) is 0.269. The molecule has 1 aromatic heterocycles. The third kappa shape index (κ3) is 4.53. The molecular weight excluding hydrogens is 496 g/mol. The maximum atomic E-state index is 12.9. The fraction of sp³-hybridized carbons (Fsp3) is 0.105. The summed E-state index contributed by atoms with van der Waals surface area (Å²) in [6.07, 6.45) is 0. The third-order valence-corrected chi connectivity index (χ3v) is 6.95. The molecule has 0 saturated heterocycles. The van der Waals surface area contributed by atoms with Crippen LogP contribution in [-0.4, -0.2) is 25.9 Å². The van der Waals surface area contributed by atoms with Crippen LogP contribution in [0.4, 0.5) is 10.7 Å².